The Labute approximate surface area is 139 Å². The van der Waals surface area contributed by atoms with Crippen molar-refractivity contribution >= 4 is 5.97 Å². The van der Waals surface area contributed by atoms with E-state index in [1.165, 1.54) is 0 Å². The third kappa shape index (κ3) is 2.47. The van der Waals surface area contributed by atoms with Gasteiger partial charge >= 0.3 is 5.97 Å². The summed E-state index contributed by atoms with van der Waals surface area (Å²) in [6, 6.07) is 7.49. The first kappa shape index (κ1) is 15.2. The van der Waals surface area contributed by atoms with Crippen LogP contribution in [-0.4, -0.2) is 27.4 Å². The zero-order valence-corrected chi connectivity index (χ0v) is 13.3. The number of nitrogens with zero attached hydrogens (tertiary/aromatic N) is 1. The molecule has 2 aromatic rings. The first-order valence-electron chi connectivity index (χ1n) is 8.14. The van der Waals surface area contributed by atoms with Gasteiger partial charge in [-0.2, -0.15) is 0 Å². The van der Waals surface area contributed by atoms with E-state index in [-0.39, 0.29) is 30.5 Å². The molecule has 6 nitrogen and oxygen atoms in total. The van der Waals surface area contributed by atoms with Gasteiger partial charge in [0.15, 0.2) is 5.76 Å². The highest BCUT2D eigenvalue weighted by molar-refractivity contribution is 5.74. The molecule has 24 heavy (non-hydrogen) atoms. The first-order chi connectivity index (χ1) is 11.6. The number of carboxylic acid groups (broad SMARTS) is 1. The van der Waals surface area contributed by atoms with E-state index in [1.807, 2.05) is 24.3 Å². The van der Waals surface area contributed by atoms with Crippen LogP contribution in [0.3, 0.4) is 0 Å². The summed E-state index contributed by atoms with van der Waals surface area (Å²) >= 11 is 0. The second-order valence-electron chi connectivity index (χ2n) is 6.66. The monoisotopic (exact) mass is 329 g/mol. The lowest BCUT2D eigenvalue weighted by atomic mass is 10.1. The fourth-order valence-corrected chi connectivity index (χ4v) is 3.93. The number of rotatable bonds is 5. The minimum Gasteiger partial charge on any atom is -0.490 e. The van der Waals surface area contributed by atoms with Crippen LogP contribution >= 0.6 is 0 Å². The van der Waals surface area contributed by atoms with Crippen molar-refractivity contribution in [3.05, 3.63) is 35.5 Å². The summed E-state index contributed by atoms with van der Waals surface area (Å²) in [6.45, 7) is 1.68. The number of aliphatic hydroxyl groups excluding tert-OH is 1. The first-order valence-corrected chi connectivity index (χ1v) is 8.14. The Morgan fingerprint density at radius 2 is 1.96 bits per heavy atom. The number of benzene rings is 1. The van der Waals surface area contributed by atoms with Crippen molar-refractivity contribution in [2.75, 3.05) is 0 Å². The fourth-order valence-electron chi connectivity index (χ4n) is 3.93. The Hall–Kier alpha value is -2.34. The van der Waals surface area contributed by atoms with Crippen LogP contribution in [0.4, 0.5) is 0 Å². The van der Waals surface area contributed by atoms with Gasteiger partial charge in [0.1, 0.15) is 5.75 Å². The quantitative estimate of drug-likeness (QED) is 0.876. The van der Waals surface area contributed by atoms with E-state index in [1.54, 1.807) is 6.92 Å². The number of aliphatic carboxylic acids is 1. The smallest absolute Gasteiger partial charge is 0.307 e. The van der Waals surface area contributed by atoms with Crippen LogP contribution in [0, 0.1) is 24.7 Å². The number of aliphatic hydroxyl groups is 1. The Kier molecular flexibility index (Phi) is 3.57. The molecule has 0 spiro atoms. The van der Waals surface area contributed by atoms with Gasteiger partial charge in [-0.05, 0) is 55.9 Å². The molecule has 1 heterocycles. The largest absolute Gasteiger partial charge is 0.490 e. The summed E-state index contributed by atoms with van der Waals surface area (Å²) in [4.78, 5) is 11.0. The molecular weight excluding hydrogens is 310 g/mol. The highest BCUT2D eigenvalue weighted by Gasteiger charge is 2.60. The lowest BCUT2D eigenvalue weighted by Gasteiger charge is -2.16. The molecule has 0 radical (unpaired) electrons. The van der Waals surface area contributed by atoms with E-state index in [4.69, 9.17) is 14.4 Å². The molecule has 2 aliphatic rings. The Morgan fingerprint density at radius 3 is 2.54 bits per heavy atom. The summed E-state index contributed by atoms with van der Waals surface area (Å²) in [7, 11) is 0. The van der Waals surface area contributed by atoms with Crippen molar-refractivity contribution in [1.29, 1.82) is 0 Å². The Balaban J connectivity index is 1.41. The van der Waals surface area contributed by atoms with E-state index in [0.29, 0.717) is 17.0 Å². The minimum absolute atomic E-state index is 0.0991. The lowest BCUT2D eigenvalue weighted by Crippen LogP contribution is -2.17. The molecule has 2 aliphatic carbocycles. The SMILES string of the molecule is Cc1noc(-c2ccc(OC3CC4C(C3)C4C(=O)O)cc2)c1CO. The maximum absolute atomic E-state index is 11.0. The fraction of sp³-hybridized carbons (Fsp3) is 0.444. The summed E-state index contributed by atoms with van der Waals surface area (Å²) in [5.74, 6) is 1.09. The van der Waals surface area contributed by atoms with Crippen LogP contribution in [0.5, 0.6) is 5.75 Å². The third-order valence-corrected chi connectivity index (χ3v) is 5.25. The minimum atomic E-state index is -0.671. The predicted octanol–water partition coefficient (Wildman–Crippen LogP) is 2.63. The van der Waals surface area contributed by atoms with Gasteiger partial charge in [-0.3, -0.25) is 4.79 Å². The molecule has 2 saturated carbocycles. The second kappa shape index (κ2) is 5.63. The van der Waals surface area contributed by atoms with Gasteiger partial charge in [0, 0.05) is 11.1 Å². The molecule has 0 bridgehead atoms. The molecule has 126 valence electrons. The number of hydrogen-bond donors (Lipinski definition) is 2. The molecule has 2 fully saturated rings. The van der Waals surface area contributed by atoms with Crippen LogP contribution in [0.15, 0.2) is 28.8 Å². The molecule has 2 atom stereocenters. The molecular formula is C18H19NO5. The van der Waals surface area contributed by atoms with Gasteiger partial charge in [-0.15, -0.1) is 0 Å². The van der Waals surface area contributed by atoms with Crippen molar-refractivity contribution in [3.8, 4) is 17.1 Å². The second-order valence-corrected chi connectivity index (χ2v) is 6.66. The summed E-state index contributed by atoms with van der Waals surface area (Å²) in [6.07, 6.45) is 1.74. The third-order valence-electron chi connectivity index (χ3n) is 5.25. The molecule has 1 aromatic heterocycles. The zero-order chi connectivity index (χ0) is 16.8. The maximum atomic E-state index is 11.0. The number of carboxylic acids is 1. The molecule has 0 amide bonds. The number of hydrogen-bond acceptors (Lipinski definition) is 5. The predicted molar refractivity (Wildman–Crippen MR) is 84.4 cm³/mol. The number of fused-ring (bicyclic) bond motifs is 1. The normalized spacial score (nSPS) is 27.8. The number of aryl methyl sites for hydroxylation is 1. The van der Waals surface area contributed by atoms with Crippen LogP contribution in [0.25, 0.3) is 11.3 Å². The molecule has 4 rings (SSSR count). The van der Waals surface area contributed by atoms with Crippen LogP contribution < -0.4 is 4.74 Å². The molecule has 0 aliphatic heterocycles. The van der Waals surface area contributed by atoms with Gasteiger partial charge in [-0.25, -0.2) is 0 Å². The van der Waals surface area contributed by atoms with E-state index >= 15 is 0 Å². The standard InChI is InChI=1S/C18H19NO5/c1-9-15(8-20)17(24-19-9)10-2-4-11(5-3-10)23-12-6-13-14(7-12)16(13)18(21)22/h2-5,12-14,16,20H,6-8H2,1H3,(H,21,22). The van der Waals surface area contributed by atoms with Gasteiger partial charge in [0.2, 0.25) is 0 Å². The molecule has 0 saturated heterocycles. The van der Waals surface area contributed by atoms with Crippen molar-refractivity contribution in [2.24, 2.45) is 17.8 Å². The van der Waals surface area contributed by atoms with Crippen LogP contribution in [0.2, 0.25) is 0 Å². The van der Waals surface area contributed by atoms with Crippen LogP contribution in [-0.2, 0) is 11.4 Å². The van der Waals surface area contributed by atoms with Gasteiger partial charge < -0.3 is 19.5 Å². The number of carbonyl (C=O) groups is 1. The average molecular weight is 329 g/mol. The molecule has 2 N–H and O–H groups in total. The van der Waals surface area contributed by atoms with Gasteiger partial charge in [0.05, 0.1) is 24.3 Å². The Bertz CT molecular complexity index is 754. The maximum Gasteiger partial charge on any atom is 0.307 e. The van der Waals surface area contributed by atoms with Crippen molar-refractivity contribution in [3.63, 3.8) is 0 Å². The highest BCUT2D eigenvalue weighted by Crippen LogP contribution is 2.58. The van der Waals surface area contributed by atoms with E-state index < -0.39 is 5.97 Å². The molecule has 2 unspecified atom stereocenters. The van der Waals surface area contributed by atoms with E-state index in [2.05, 4.69) is 5.16 Å². The number of aromatic nitrogens is 1. The highest BCUT2D eigenvalue weighted by atomic mass is 16.5. The molecule has 1 aromatic carbocycles. The summed E-state index contributed by atoms with van der Waals surface area (Å²) in [5.41, 5.74) is 2.22. The zero-order valence-electron chi connectivity index (χ0n) is 13.3. The summed E-state index contributed by atoms with van der Waals surface area (Å²) in [5, 5.41) is 22.4. The Morgan fingerprint density at radius 1 is 1.29 bits per heavy atom. The van der Waals surface area contributed by atoms with E-state index in [9.17, 15) is 9.90 Å². The molecule has 6 heteroatoms. The van der Waals surface area contributed by atoms with Crippen molar-refractivity contribution in [1.82, 2.24) is 5.16 Å². The summed E-state index contributed by atoms with van der Waals surface area (Å²) < 4.78 is 11.3. The van der Waals surface area contributed by atoms with Crippen LogP contribution in [0.1, 0.15) is 24.1 Å². The van der Waals surface area contributed by atoms with Gasteiger partial charge in [-0.1, -0.05) is 5.16 Å². The van der Waals surface area contributed by atoms with Crippen molar-refractivity contribution < 1.29 is 24.3 Å². The topological polar surface area (TPSA) is 92.8 Å². The van der Waals surface area contributed by atoms with Gasteiger partial charge in [0.25, 0.3) is 0 Å². The van der Waals surface area contributed by atoms with E-state index in [0.717, 1.165) is 24.2 Å². The average Bonchev–Trinajstić information content (AvgIpc) is 2.89. The number of ether oxygens (including phenoxy) is 1. The lowest BCUT2D eigenvalue weighted by molar-refractivity contribution is -0.139. The van der Waals surface area contributed by atoms with Crippen molar-refractivity contribution in [2.45, 2.75) is 32.5 Å².